The Kier molecular flexibility index (Phi) is 3.84. The van der Waals surface area contributed by atoms with Crippen molar-refractivity contribution >= 4 is 17.6 Å². The standard InChI is InChI=1S/C12H19N5O2/c1-8(13)11(18)14-9-4-3-6-17(12(9)19)10-5-7-16(2)15-10/h5,7-9H,3-4,6,13H2,1-2H3,(H,14,18)/t8-,9?/m1/s1. The Morgan fingerprint density at radius 1 is 1.63 bits per heavy atom. The molecule has 19 heavy (non-hydrogen) atoms. The molecule has 7 nitrogen and oxygen atoms in total. The van der Waals surface area contributed by atoms with Gasteiger partial charge in [-0.3, -0.25) is 19.2 Å². The van der Waals surface area contributed by atoms with E-state index in [1.54, 1.807) is 35.8 Å². The second kappa shape index (κ2) is 5.40. The molecule has 2 atom stereocenters. The summed E-state index contributed by atoms with van der Waals surface area (Å²) in [4.78, 5) is 25.5. The van der Waals surface area contributed by atoms with Crippen LogP contribution >= 0.6 is 0 Å². The van der Waals surface area contributed by atoms with Gasteiger partial charge in [0.05, 0.1) is 6.04 Å². The fourth-order valence-corrected chi connectivity index (χ4v) is 2.09. The fraction of sp³-hybridized carbons (Fsp3) is 0.583. The Bertz CT molecular complexity index is 482. The Hall–Kier alpha value is -1.89. The van der Waals surface area contributed by atoms with Crippen molar-refractivity contribution in [2.75, 3.05) is 11.4 Å². The molecule has 1 fully saturated rings. The SMILES string of the molecule is C[C@@H](N)C(=O)NC1CCCN(c2ccn(C)n2)C1=O. The maximum Gasteiger partial charge on any atom is 0.250 e. The molecule has 0 aromatic carbocycles. The van der Waals surface area contributed by atoms with Crippen LogP contribution in [0.2, 0.25) is 0 Å². The average molecular weight is 265 g/mol. The monoisotopic (exact) mass is 265 g/mol. The molecule has 7 heteroatoms. The van der Waals surface area contributed by atoms with Crippen LogP contribution in [0.3, 0.4) is 0 Å². The van der Waals surface area contributed by atoms with Crippen molar-refractivity contribution in [3.8, 4) is 0 Å². The number of nitrogens with zero attached hydrogens (tertiary/aromatic N) is 3. The van der Waals surface area contributed by atoms with Crippen molar-refractivity contribution in [2.24, 2.45) is 12.8 Å². The summed E-state index contributed by atoms with van der Waals surface area (Å²) in [6.45, 7) is 2.22. The number of aromatic nitrogens is 2. The molecule has 0 saturated carbocycles. The summed E-state index contributed by atoms with van der Waals surface area (Å²) >= 11 is 0. The molecule has 2 heterocycles. The van der Waals surface area contributed by atoms with E-state index in [4.69, 9.17) is 5.73 Å². The topological polar surface area (TPSA) is 93.2 Å². The van der Waals surface area contributed by atoms with Crippen LogP contribution in [-0.4, -0.2) is 40.2 Å². The van der Waals surface area contributed by atoms with Gasteiger partial charge in [0.1, 0.15) is 6.04 Å². The van der Waals surface area contributed by atoms with Crippen LogP contribution in [0.4, 0.5) is 5.82 Å². The molecule has 1 aliphatic rings. The molecule has 1 aromatic heterocycles. The highest BCUT2D eigenvalue weighted by Crippen LogP contribution is 2.18. The first-order chi connectivity index (χ1) is 8.99. The van der Waals surface area contributed by atoms with Crippen LogP contribution in [0, 0.1) is 0 Å². The van der Waals surface area contributed by atoms with Crippen molar-refractivity contribution in [3.63, 3.8) is 0 Å². The second-order valence-corrected chi connectivity index (χ2v) is 4.83. The molecule has 2 rings (SSSR count). The van der Waals surface area contributed by atoms with Crippen molar-refractivity contribution in [1.82, 2.24) is 15.1 Å². The van der Waals surface area contributed by atoms with Gasteiger partial charge in [-0.2, -0.15) is 5.10 Å². The highest BCUT2D eigenvalue weighted by Gasteiger charge is 2.32. The van der Waals surface area contributed by atoms with Crippen LogP contribution in [0.5, 0.6) is 0 Å². The van der Waals surface area contributed by atoms with E-state index in [0.29, 0.717) is 18.8 Å². The number of rotatable bonds is 3. The fourth-order valence-electron chi connectivity index (χ4n) is 2.09. The van der Waals surface area contributed by atoms with Gasteiger partial charge in [0, 0.05) is 25.9 Å². The molecule has 0 bridgehead atoms. The number of hydrogen-bond donors (Lipinski definition) is 2. The van der Waals surface area contributed by atoms with Crippen LogP contribution < -0.4 is 16.0 Å². The van der Waals surface area contributed by atoms with E-state index >= 15 is 0 Å². The molecule has 1 aromatic rings. The Morgan fingerprint density at radius 2 is 2.37 bits per heavy atom. The lowest BCUT2D eigenvalue weighted by molar-refractivity contribution is -0.128. The summed E-state index contributed by atoms with van der Waals surface area (Å²) in [5.41, 5.74) is 5.50. The normalized spacial score (nSPS) is 21.3. The highest BCUT2D eigenvalue weighted by atomic mass is 16.2. The Balaban J connectivity index is 2.08. The lowest BCUT2D eigenvalue weighted by atomic mass is 10.0. The highest BCUT2D eigenvalue weighted by molar-refractivity contribution is 5.99. The molecule has 0 aliphatic carbocycles. The number of carbonyl (C=O) groups is 2. The molecular weight excluding hydrogens is 246 g/mol. The van der Waals surface area contributed by atoms with E-state index in [1.165, 1.54) is 0 Å². The van der Waals surface area contributed by atoms with Gasteiger partial charge in [-0.05, 0) is 19.8 Å². The number of carbonyl (C=O) groups excluding carboxylic acids is 2. The van der Waals surface area contributed by atoms with E-state index in [0.717, 1.165) is 6.42 Å². The minimum absolute atomic E-state index is 0.126. The summed E-state index contributed by atoms with van der Waals surface area (Å²) in [5, 5.41) is 6.90. The molecule has 1 saturated heterocycles. The molecule has 0 radical (unpaired) electrons. The van der Waals surface area contributed by atoms with Gasteiger partial charge in [0.2, 0.25) is 5.91 Å². The zero-order valence-corrected chi connectivity index (χ0v) is 11.2. The summed E-state index contributed by atoms with van der Waals surface area (Å²) < 4.78 is 1.65. The lowest BCUT2D eigenvalue weighted by Crippen LogP contribution is -2.55. The number of anilines is 1. The predicted octanol–water partition coefficient (Wildman–Crippen LogP) is -0.621. The van der Waals surface area contributed by atoms with Gasteiger partial charge in [-0.15, -0.1) is 0 Å². The molecule has 104 valence electrons. The predicted molar refractivity (Wildman–Crippen MR) is 70.4 cm³/mol. The first kappa shape index (κ1) is 13.5. The average Bonchev–Trinajstić information content (AvgIpc) is 2.78. The summed E-state index contributed by atoms with van der Waals surface area (Å²) in [7, 11) is 1.80. The third kappa shape index (κ3) is 2.93. The first-order valence-corrected chi connectivity index (χ1v) is 6.36. The summed E-state index contributed by atoms with van der Waals surface area (Å²) in [5.74, 6) is 0.187. The van der Waals surface area contributed by atoms with Crippen LogP contribution in [0.25, 0.3) is 0 Å². The molecule has 1 unspecified atom stereocenters. The van der Waals surface area contributed by atoms with Crippen molar-refractivity contribution in [2.45, 2.75) is 31.8 Å². The number of nitrogens with two attached hydrogens (primary N) is 1. The van der Waals surface area contributed by atoms with Gasteiger partial charge >= 0.3 is 0 Å². The van der Waals surface area contributed by atoms with Crippen LogP contribution in [0.1, 0.15) is 19.8 Å². The minimum Gasteiger partial charge on any atom is -0.343 e. The minimum atomic E-state index is -0.613. The van der Waals surface area contributed by atoms with E-state index < -0.39 is 12.1 Å². The second-order valence-electron chi connectivity index (χ2n) is 4.83. The number of piperidine rings is 1. The third-order valence-electron chi connectivity index (χ3n) is 3.14. The summed E-state index contributed by atoms with van der Waals surface area (Å²) in [6.07, 6.45) is 3.25. The van der Waals surface area contributed by atoms with Crippen molar-refractivity contribution in [3.05, 3.63) is 12.3 Å². The molecule has 0 spiro atoms. The zero-order valence-electron chi connectivity index (χ0n) is 11.2. The quantitative estimate of drug-likeness (QED) is 0.761. The first-order valence-electron chi connectivity index (χ1n) is 6.36. The number of amides is 2. The van der Waals surface area contributed by atoms with Gasteiger partial charge in [-0.25, -0.2) is 0 Å². The lowest BCUT2D eigenvalue weighted by Gasteiger charge is -2.31. The molecule has 3 N–H and O–H groups in total. The zero-order chi connectivity index (χ0) is 14.0. The van der Waals surface area contributed by atoms with Crippen LogP contribution in [-0.2, 0) is 16.6 Å². The smallest absolute Gasteiger partial charge is 0.250 e. The largest absolute Gasteiger partial charge is 0.343 e. The van der Waals surface area contributed by atoms with E-state index in [-0.39, 0.29) is 11.8 Å². The van der Waals surface area contributed by atoms with E-state index in [1.807, 2.05) is 0 Å². The molecule has 2 amide bonds. The number of nitrogens with one attached hydrogen (secondary N) is 1. The molecular formula is C12H19N5O2. The maximum absolute atomic E-state index is 12.3. The van der Waals surface area contributed by atoms with E-state index in [9.17, 15) is 9.59 Å². The van der Waals surface area contributed by atoms with Crippen molar-refractivity contribution < 1.29 is 9.59 Å². The van der Waals surface area contributed by atoms with Gasteiger partial charge in [0.25, 0.3) is 5.91 Å². The van der Waals surface area contributed by atoms with Gasteiger partial charge in [-0.1, -0.05) is 0 Å². The van der Waals surface area contributed by atoms with Gasteiger partial charge < -0.3 is 11.1 Å². The number of aryl methyl sites for hydroxylation is 1. The third-order valence-corrected chi connectivity index (χ3v) is 3.14. The van der Waals surface area contributed by atoms with Crippen molar-refractivity contribution in [1.29, 1.82) is 0 Å². The molecule has 1 aliphatic heterocycles. The Labute approximate surface area is 111 Å². The maximum atomic E-state index is 12.3. The Morgan fingerprint density at radius 3 is 2.95 bits per heavy atom. The van der Waals surface area contributed by atoms with E-state index in [2.05, 4.69) is 10.4 Å². The van der Waals surface area contributed by atoms with Crippen LogP contribution in [0.15, 0.2) is 12.3 Å². The van der Waals surface area contributed by atoms with Gasteiger partial charge in [0.15, 0.2) is 5.82 Å². The number of hydrogen-bond acceptors (Lipinski definition) is 4. The summed E-state index contributed by atoms with van der Waals surface area (Å²) in [6, 6.07) is 0.667.